The first-order valence-electron chi connectivity index (χ1n) is 7.28. The third-order valence-electron chi connectivity index (χ3n) is 3.52. The van der Waals surface area contributed by atoms with Crippen LogP contribution in [0.2, 0.25) is 0 Å². The summed E-state index contributed by atoms with van der Waals surface area (Å²) in [5.74, 6) is 1.62. The van der Waals surface area contributed by atoms with Crippen molar-refractivity contribution in [3.05, 3.63) is 54.9 Å². The molecule has 0 saturated heterocycles. The molecule has 0 bridgehead atoms. The Morgan fingerprint density at radius 1 is 1.08 bits per heavy atom. The minimum atomic E-state index is 0.371. The summed E-state index contributed by atoms with van der Waals surface area (Å²) in [5.41, 5.74) is 3.14. The minimum absolute atomic E-state index is 0.371. The Kier molecular flexibility index (Phi) is 3.51. The van der Waals surface area contributed by atoms with Gasteiger partial charge in [-0.05, 0) is 30.3 Å². The fourth-order valence-electron chi connectivity index (χ4n) is 2.31. The second kappa shape index (κ2) is 5.96. The van der Waals surface area contributed by atoms with Crippen molar-refractivity contribution in [2.45, 2.75) is 0 Å². The molecule has 3 heterocycles. The van der Waals surface area contributed by atoms with E-state index in [2.05, 4.69) is 25.3 Å². The van der Waals surface area contributed by atoms with Crippen LogP contribution in [0.3, 0.4) is 0 Å². The summed E-state index contributed by atoms with van der Waals surface area (Å²) in [7, 11) is 1.63. The molecular formula is C17H13N5O2. The summed E-state index contributed by atoms with van der Waals surface area (Å²) in [4.78, 5) is 8.43. The summed E-state index contributed by atoms with van der Waals surface area (Å²) in [6.45, 7) is 0. The molecule has 0 radical (unpaired) electrons. The van der Waals surface area contributed by atoms with Crippen molar-refractivity contribution in [2.75, 3.05) is 7.11 Å². The van der Waals surface area contributed by atoms with Gasteiger partial charge in [0.2, 0.25) is 5.82 Å². The van der Waals surface area contributed by atoms with Crippen molar-refractivity contribution in [3.63, 3.8) is 0 Å². The van der Waals surface area contributed by atoms with Crippen LogP contribution in [-0.4, -0.2) is 32.4 Å². The molecule has 1 N–H and O–H groups in total. The molecule has 118 valence electrons. The number of aromatic amines is 1. The normalized spacial score (nSPS) is 10.7. The van der Waals surface area contributed by atoms with Crippen molar-refractivity contribution in [1.29, 1.82) is 0 Å². The van der Waals surface area contributed by atoms with Crippen LogP contribution in [0, 0.1) is 0 Å². The molecule has 0 saturated carbocycles. The Labute approximate surface area is 137 Å². The Morgan fingerprint density at radius 2 is 2.00 bits per heavy atom. The standard InChI is InChI=1S/C17H13N5O2/c1-23-13-6-2-4-11(8-13)14-9-15(21-20-14)17-19-16(22-24-17)12-5-3-7-18-10-12/h2-10H,1H3,(H,20,21). The van der Waals surface area contributed by atoms with Gasteiger partial charge >= 0.3 is 0 Å². The lowest BCUT2D eigenvalue weighted by Gasteiger charge is -2.00. The average molecular weight is 319 g/mol. The maximum Gasteiger partial charge on any atom is 0.276 e. The first-order chi connectivity index (χ1) is 11.8. The number of pyridine rings is 1. The van der Waals surface area contributed by atoms with E-state index in [0.717, 1.165) is 22.6 Å². The smallest absolute Gasteiger partial charge is 0.276 e. The molecule has 0 aliphatic carbocycles. The number of benzene rings is 1. The van der Waals surface area contributed by atoms with Gasteiger partial charge in [-0.1, -0.05) is 17.3 Å². The van der Waals surface area contributed by atoms with Crippen molar-refractivity contribution < 1.29 is 9.26 Å². The van der Waals surface area contributed by atoms with E-state index in [-0.39, 0.29) is 0 Å². The molecule has 1 aromatic carbocycles. The van der Waals surface area contributed by atoms with Gasteiger partial charge in [0.25, 0.3) is 5.89 Å². The lowest BCUT2D eigenvalue weighted by atomic mass is 10.1. The molecule has 0 aliphatic heterocycles. The van der Waals surface area contributed by atoms with Crippen LogP contribution in [0.5, 0.6) is 5.75 Å². The third kappa shape index (κ3) is 2.63. The zero-order valence-electron chi connectivity index (χ0n) is 12.8. The molecule has 4 rings (SSSR count). The third-order valence-corrected chi connectivity index (χ3v) is 3.52. The Morgan fingerprint density at radius 3 is 2.83 bits per heavy atom. The largest absolute Gasteiger partial charge is 0.497 e. The predicted molar refractivity (Wildman–Crippen MR) is 87.1 cm³/mol. The van der Waals surface area contributed by atoms with Crippen LogP contribution in [0.4, 0.5) is 0 Å². The maximum atomic E-state index is 5.31. The lowest BCUT2D eigenvalue weighted by molar-refractivity contribution is 0.415. The predicted octanol–water partition coefficient (Wildman–Crippen LogP) is 3.20. The number of methoxy groups -OCH3 is 1. The van der Waals surface area contributed by atoms with E-state index < -0.39 is 0 Å². The van der Waals surface area contributed by atoms with Gasteiger partial charge in [-0.3, -0.25) is 10.1 Å². The van der Waals surface area contributed by atoms with Crippen LogP contribution < -0.4 is 4.74 Å². The Hall–Kier alpha value is -3.48. The molecule has 0 unspecified atom stereocenters. The second-order valence-corrected chi connectivity index (χ2v) is 5.06. The lowest BCUT2D eigenvalue weighted by Crippen LogP contribution is -1.83. The Bertz CT molecular complexity index is 962. The number of hydrogen-bond donors (Lipinski definition) is 1. The molecule has 0 atom stereocenters. The Balaban J connectivity index is 1.64. The number of nitrogens with zero attached hydrogens (tertiary/aromatic N) is 4. The van der Waals surface area contributed by atoms with E-state index in [4.69, 9.17) is 9.26 Å². The van der Waals surface area contributed by atoms with Crippen LogP contribution in [0.1, 0.15) is 0 Å². The second-order valence-electron chi connectivity index (χ2n) is 5.06. The van der Waals surface area contributed by atoms with Gasteiger partial charge in [0, 0.05) is 23.5 Å². The van der Waals surface area contributed by atoms with Gasteiger partial charge in [0.1, 0.15) is 11.4 Å². The topological polar surface area (TPSA) is 89.7 Å². The summed E-state index contributed by atoms with van der Waals surface area (Å²) < 4.78 is 10.5. The molecule has 7 nitrogen and oxygen atoms in total. The molecule has 24 heavy (non-hydrogen) atoms. The first kappa shape index (κ1) is 14.1. The highest BCUT2D eigenvalue weighted by Crippen LogP contribution is 2.26. The summed E-state index contributed by atoms with van der Waals surface area (Å²) in [6.07, 6.45) is 3.38. The van der Waals surface area contributed by atoms with Gasteiger partial charge in [-0.25, -0.2) is 0 Å². The molecule has 3 aromatic heterocycles. The van der Waals surface area contributed by atoms with Crippen LogP contribution in [-0.2, 0) is 0 Å². The van der Waals surface area contributed by atoms with Crippen molar-refractivity contribution in [1.82, 2.24) is 25.3 Å². The molecule has 0 aliphatic rings. The highest BCUT2D eigenvalue weighted by Gasteiger charge is 2.14. The monoisotopic (exact) mass is 319 g/mol. The zero-order chi connectivity index (χ0) is 16.4. The number of aromatic nitrogens is 5. The zero-order valence-corrected chi connectivity index (χ0v) is 12.8. The molecule has 4 aromatic rings. The fraction of sp³-hybridized carbons (Fsp3) is 0.0588. The number of rotatable bonds is 4. The van der Waals surface area contributed by atoms with Gasteiger partial charge in [-0.2, -0.15) is 10.1 Å². The van der Waals surface area contributed by atoms with Gasteiger partial charge < -0.3 is 9.26 Å². The molecular weight excluding hydrogens is 306 g/mol. The average Bonchev–Trinajstić information content (AvgIpc) is 3.32. The van der Waals surface area contributed by atoms with E-state index in [1.54, 1.807) is 19.5 Å². The van der Waals surface area contributed by atoms with E-state index >= 15 is 0 Å². The maximum absolute atomic E-state index is 5.31. The van der Waals surface area contributed by atoms with Crippen LogP contribution in [0.25, 0.3) is 34.2 Å². The summed E-state index contributed by atoms with van der Waals surface area (Å²) in [6, 6.07) is 13.2. The van der Waals surface area contributed by atoms with E-state index in [1.165, 1.54) is 0 Å². The fourth-order valence-corrected chi connectivity index (χ4v) is 2.31. The van der Waals surface area contributed by atoms with Crippen molar-refractivity contribution in [3.8, 4) is 40.0 Å². The minimum Gasteiger partial charge on any atom is -0.497 e. The van der Waals surface area contributed by atoms with E-state index in [0.29, 0.717) is 17.4 Å². The van der Waals surface area contributed by atoms with E-state index in [1.807, 2.05) is 42.5 Å². The van der Waals surface area contributed by atoms with E-state index in [9.17, 15) is 0 Å². The number of nitrogens with one attached hydrogen (secondary N) is 1. The summed E-state index contributed by atoms with van der Waals surface area (Å²) >= 11 is 0. The molecule has 0 fully saturated rings. The van der Waals surface area contributed by atoms with Gasteiger partial charge in [0.05, 0.1) is 12.8 Å². The SMILES string of the molecule is COc1cccc(-c2cc(-c3nc(-c4cccnc4)no3)[nH]n2)c1. The summed E-state index contributed by atoms with van der Waals surface area (Å²) in [5, 5.41) is 11.2. The molecule has 7 heteroatoms. The van der Waals surface area contributed by atoms with Crippen LogP contribution >= 0.6 is 0 Å². The van der Waals surface area contributed by atoms with Gasteiger partial charge in [0.15, 0.2) is 0 Å². The van der Waals surface area contributed by atoms with Crippen LogP contribution in [0.15, 0.2) is 59.4 Å². The number of H-pyrrole nitrogens is 1. The molecule has 0 spiro atoms. The number of hydrogen-bond acceptors (Lipinski definition) is 6. The first-order valence-corrected chi connectivity index (χ1v) is 7.28. The molecule has 0 amide bonds. The van der Waals surface area contributed by atoms with Crippen molar-refractivity contribution in [2.24, 2.45) is 0 Å². The van der Waals surface area contributed by atoms with Crippen molar-refractivity contribution >= 4 is 0 Å². The highest BCUT2D eigenvalue weighted by molar-refractivity contribution is 5.66. The quantitative estimate of drug-likeness (QED) is 0.621. The van der Waals surface area contributed by atoms with Gasteiger partial charge in [-0.15, -0.1) is 0 Å². The highest BCUT2D eigenvalue weighted by atomic mass is 16.5. The number of ether oxygens (including phenoxy) is 1.